The molecule has 0 bridgehead atoms. The monoisotopic (exact) mass is 532 g/mol. The second-order valence-corrected chi connectivity index (χ2v) is 10.6. The quantitative estimate of drug-likeness (QED) is 0.189. The fourth-order valence-electron chi connectivity index (χ4n) is 3.69. The van der Waals surface area contributed by atoms with E-state index in [-0.39, 0.29) is 22.2 Å². The van der Waals surface area contributed by atoms with E-state index in [1.54, 1.807) is 5.38 Å². The Morgan fingerprint density at radius 2 is 2.12 bits per heavy atom. The molecule has 0 radical (unpaired) electrons. The third-order valence-electron chi connectivity index (χ3n) is 5.17. The summed E-state index contributed by atoms with van der Waals surface area (Å²) in [7, 11) is 1.30. The predicted octanol–water partition coefficient (Wildman–Crippen LogP) is 1.95. The van der Waals surface area contributed by atoms with Gasteiger partial charge in [0.2, 0.25) is 5.12 Å². The number of nitrogen functional groups attached to an aromatic ring is 1. The van der Waals surface area contributed by atoms with Crippen LogP contribution in [0.25, 0.3) is 15.8 Å². The van der Waals surface area contributed by atoms with Gasteiger partial charge in [0.05, 0.1) is 10.2 Å². The van der Waals surface area contributed by atoms with Crippen molar-refractivity contribution in [1.82, 2.24) is 20.2 Å². The van der Waals surface area contributed by atoms with Crippen molar-refractivity contribution in [3.8, 4) is 0 Å². The molecule has 3 aromatic rings. The number of hydrogen-bond acceptors (Lipinski definition) is 11. The van der Waals surface area contributed by atoms with Crippen LogP contribution in [0.15, 0.2) is 40.5 Å². The maximum atomic E-state index is 13.1. The van der Waals surface area contributed by atoms with Crippen molar-refractivity contribution in [2.24, 2.45) is 5.16 Å². The van der Waals surface area contributed by atoms with Gasteiger partial charge in [-0.15, -0.1) is 34.4 Å². The van der Waals surface area contributed by atoms with Crippen LogP contribution in [0, 0.1) is 0 Å². The SMILES string of the molecule is CO/N=C(\C(=O)NC1C(=O)N2C(C(=O)S)=C(c3nc4ccccc4s3)CS[C@H]12)c1csc(N)n1. The number of carbonyl (C=O) groups is 3. The third-order valence-corrected chi connectivity index (χ3v) is 8.43. The van der Waals surface area contributed by atoms with Gasteiger partial charge in [0, 0.05) is 16.7 Å². The Labute approximate surface area is 210 Å². The van der Waals surface area contributed by atoms with Gasteiger partial charge in [-0.3, -0.25) is 19.3 Å². The lowest BCUT2D eigenvalue weighted by atomic mass is 10.0. The van der Waals surface area contributed by atoms with Gasteiger partial charge in [-0.1, -0.05) is 29.9 Å². The molecule has 10 nitrogen and oxygen atoms in total. The van der Waals surface area contributed by atoms with Crippen molar-refractivity contribution in [3.05, 3.63) is 46.0 Å². The first-order valence-corrected chi connectivity index (χ1v) is 13.0. The van der Waals surface area contributed by atoms with Gasteiger partial charge in [0.1, 0.15) is 34.9 Å². The highest BCUT2D eigenvalue weighted by molar-refractivity contribution is 8.00. The van der Waals surface area contributed by atoms with E-state index in [4.69, 9.17) is 10.6 Å². The molecule has 2 aromatic heterocycles. The lowest BCUT2D eigenvalue weighted by Crippen LogP contribution is -2.70. The second kappa shape index (κ2) is 9.02. The summed E-state index contributed by atoms with van der Waals surface area (Å²) in [5.74, 6) is -0.620. The highest BCUT2D eigenvalue weighted by Crippen LogP contribution is 2.45. The molecule has 0 saturated carbocycles. The Hall–Kier alpha value is -2.94. The van der Waals surface area contributed by atoms with E-state index in [1.807, 2.05) is 24.3 Å². The maximum absolute atomic E-state index is 13.1. The first-order valence-electron chi connectivity index (χ1n) is 9.79. The fraction of sp³-hybridized carbons (Fsp3) is 0.200. The van der Waals surface area contributed by atoms with Crippen LogP contribution in [-0.2, 0) is 19.2 Å². The number of thiazole rings is 2. The van der Waals surface area contributed by atoms with Gasteiger partial charge in [-0.05, 0) is 12.1 Å². The number of nitrogens with zero attached hydrogens (tertiary/aromatic N) is 4. The molecule has 34 heavy (non-hydrogen) atoms. The van der Waals surface area contributed by atoms with E-state index in [1.165, 1.54) is 35.1 Å². The molecular formula is C20H16N6O4S4. The van der Waals surface area contributed by atoms with Gasteiger partial charge in [0.25, 0.3) is 11.8 Å². The number of aromatic nitrogens is 2. The molecule has 2 aliphatic rings. The van der Waals surface area contributed by atoms with E-state index >= 15 is 0 Å². The van der Waals surface area contributed by atoms with Crippen LogP contribution in [-0.4, -0.2) is 61.8 Å². The van der Waals surface area contributed by atoms with E-state index in [0.717, 1.165) is 21.6 Å². The number of hydrogen-bond donors (Lipinski definition) is 3. The third kappa shape index (κ3) is 3.85. The summed E-state index contributed by atoms with van der Waals surface area (Å²) in [5.41, 5.74) is 7.47. The molecule has 4 heterocycles. The molecule has 1 aromatic carbocycles. The Morgan fingerprint density at radius 1 is 1.32 bits per heavy atom. The minimum atomic E-state index is -0.852. The number of amides is 2. The molecule has 1 unspecified atom stereocenters. The lowest BCUT2D eigenvalue weighted by Gasteiger charge is -2.49. The van der Waals surface area contributed by atoms with Crippen LogP contribution >= 0.6 is 47.1 Å². The van der Waals surface area contributed by atoms with Crippen LogP contribution in [0.5, 0.6) is 0 Å². The van der Waals surface area contributed by atoms with E-state index < -0.39 is 28.3 Å². The number of anilines is 1. The molecular weight excluding hydrogens is 517 g/mol. The molecule has 14 heteroatoms. The minimum Gasteiger partial charge on any atom is -0.398 e. The number of thioether (sulfide) groups is 1. The Bertz CT molecular complexity index is 1360. The maximum Gasteiger partial charge on any atom is 0.276 e. The van der Waals surface area contributed by atoms with Crippen LogP contribution in [0.1, 0.15) is 10.7 Å². The summed E-state index contributed by atoms with van der Waals surface area (Å²) < 4.78 is 0.982. The second-order valence-electron chi connectivity index (χ2n) is 7.17. The van der Waals surface area contributed by atoms with Crippen LogP contribution in [0.4, 0.5) is 5.13 Å². The molecule has 0 aliphatic carbocycles. The number of oxime groups is 1. The number of carbonyl (C=O) groups excluding carboxylic acids is 3. The van der Waals surface area contributed by atoms with Gasteiger partial charge in [-0.25, -0.2) is 9.97 Å². The smallest absolute Gasteiger partial charge is 0.276 e. The number of benzene rings is 1. The Balaban J connectivity index is 1.41. The molecule has 2 aliphatic heterocycles. The number of rotatable bonds is 6. The molecule has 174 valence electrons. The average molecular weight is 533 g/mol. The van der Waals surface area contributed by atoms with Crippen molar-refractivity contribution in [3.63, 3.8) is 0 Å². The first-order chi connectivity index (χ1) is 16.4. The Kier molecular flexibility index (Phi) is 6.06. The number of fused-ring (bicyclic) bond motifs is 2. The van der Waals surface area contributed by atoms with Crippen LogP contribution in [0.3, 0.4) is 0 Å². The zero-order valence-corrected chi connectivity index (χ0v) is 20.8. The predicted molar refractivity (Wildman–Crippen MR) is 136 cm³/mol. The molecule has 5 rings (SSSR count). The standard InChI is InChI=1S/C20H16N6O4S4/c1-30-25-12(10-7-33-20(21)23-10)15(27)24-13-17(28)26-14(19(29)31)8(6-32-18(13)26)16-22-9-4-2-3-5-11(9)34-16/h2-5,7,13,18H,6H2,1H3,(H2,21,23)(H,24,27)(H,29,31)/b25-12-/t13?,18-/m1/s1. The summed E-state index contributed by atoms with van der Waals surface area (Å²) >= 11 is 8.07. The highest BCUT2D eigenvalue weighted by atomic mass is 32.2. The average Bonchev–Trinajstić information content (AvgIpc) is 3.45. The summed E-state index contributed by atoms with van der Waals surface area (Å²) in [5, 5.41) is 7.94. The largest absolute Gasteiger partial charge is 0.398 e. The van der Waals surface area contributed by atoms with Crippen molar-refractivity contribution in [2.75, 3.05) is 18.6 Å². The summed E-state index contributed by atoms with van der Waals surface area (Å²) in [6.45, 7) is 0. The van der Waals surface area contributed by atoms with Crippen LogP contribution < -0.4 is 11.1 Å². The molecule has 1 saturated heterocycles. The number of nitrogens with one attached hydrogen (secondary N) is 1. The van der Waals surface area contributed by atoms with Crippen molar-refractivity contribution in [2.45, 2.75) is 11.4 Å². The van der Waals surface area contributed by atoms with Crippen LogP contribution in [0.2, 0.25) is 0 Å². The lowest BCUT2D eigenvalue weighted by molar-refractivity contribution is -0.145. The number of nitrogens with two attached hydrogens (primary N) is 1. The molecule has 0 spiro atoms. The number of para-hydroxylation sites is 1. The van der Waals surface area contributed by atoms with Gasteiger partial charge < -0.3 is 15.9 Å². The normalized spacial score (nSPS) is 20.2. The summed E-state index contributed by atoms with van der Waals surface area (Å²) in [4.78, 5) is 53.3. The molecule has 1 fully saturated rings. The Morgan fingerprint density at radius 3 is 2.79 bits per heavy atom. The first kappa shape index (κ1) is 22.8. The van der Waals surface area contributed by atoms with Gasteiger partial charge in [0.15, 0.2) is 10.8 Å². The number of thiol groups is 1. The van der Waals surface area contributed by atoms with Crippen molar-refractivity contribution < 1.29 is 19.2 Å². The molecule has 3 N–H and O–H groups in total. The highest BCUT2D eigenvalue weighted by Gasteiger charge is 2.54. The van der Waals surface area contributed by atoms with E-state index in [0.29, 0.717) is 16.3 Å². The summed E-state index contributed by atoms with van der Waals surface area (Å²) in [6.07, 6.45) is 0. The minimum absolute atomic E-state index is 0.0984. The topological polar surface area (TPSA) is 140 Å². The number of β-lactam (4-membered cyclic amide) rings is 1. The van der Waals surface area contributed by atoms with Crippen molar-refractivity contribution >= 4 is 90.6 Å². The molecule has 2 amide bonds. The van der Waals surface area contributed by atoms with Gasteiger partial charge >= 0.3 is 0 Å². The fourth-order valence-corrected chi connectivity index (χ4v) is 6.92. The zero-order chi connectivity index (χ0) is 24.0. The van der Waals surface area contributed by atoms with E-state index in [2.05, 4.69) is 33.1 Å². The molecule has 2 atom stereocenters. The van der Waals surface area contributed by atoms with Gasteiger partial charge in [-0.2, -0.15) is 0 Å². The summed E-state index contributed by atoms with van der Waals surface area (Å²) in [6, 6.07) is 6.81. The van der Waals surface area contributed by atoms with E-state index in [9.17, 15) is 14.4 Å². The van der Waals surface area contributed by atoms with Crippen molar-refractivity contribution in [1.29, 1.82) is 0 Å². The zero-order valence-electron chi connectivity index (χ0n) is 17.4.